The van der Waals surface area contributed by atoms with E-state index in [1.54, 1.807) is 19.0 Å². The Bertz CT molecular complexity index is 285. The van der Waals surface area contributed by atoms with Gasteiger partial charge in [0.15, 0.2) is 0 Å². The molecule has 5 heteroatoms. The van der Waals surface area contributed by atoms with Crippen LogP contribution in [0.25, 0.3) is 0 Å². The van der Waals surface area contributed by atoms with Gasteiger partial charge in [-0.25, -0.2) is 0 Å². The molecule has 1 saturated heterocycles. The van der Waals surface area contributed by atoms with Crippen molar-refractivity contribution in [3.05, 3.63) is 0 Å². The Balaban J connectivity index is 2.53. The van der Waals surface area contributed by atoms with Gasteiger partial charge >= 0.3 is 0 Å². The Labute approximate surface area is 103 Å². The van der Waals surface area contributed by atoms with Gasteiger partial charge in [0.2, 0.25) is 11.8 Å². The molecule has 2 N–H and O–H groups in total. The summed E-state index contributed by atoms with van der Waals surface area (Å²) in [7, 11) is 3.37. The Morgan fingerprint density at radius 2 is 2.18 bits per heavy atom. The van der Waals surface area contributed by atoms with Gasteiger partial charge in [0.1, 0.15) is 0 Å². The van der Waals surface area contributed by atoms with Gasteiger partial charge in [-0.15, -0.1) is 0 Å². The first kappa shape index (κ1) is 14.0. The molecule has 0 aromatic heterocycles. The molecule has 0 aromatic carbocycles. The lowest BCUT2D eigenvalue weighted by atomic mass is 9.92. The van der Waals surface area contributed by atoms with Crippen molar-refractivity contribution in [2.75, 3.05) is 27.2 Å². The molecule has 2 amide bonds. The Kier molecular flexibility index (Phi) is 4.93. The minimum absolute atomic E-state index is 0.0328. The Morgan fingerprint density at radius 3 is 2.65 bits per heavy atom. The first-order valence-electron chi connectivity index (χ1n) is 6.27. The number of carbonyl (C=O) groups is 2. The van der Waals surface area contributed by atoms with E-state index in [0.29, 0.717) is 13.0 Å². The van der Waals surface area contributed by atoms with Crippen LogP contribution in [0.5, 0.6) is 0 Å². The number of likely N-dealkylation sites (N-methyl/N-ethyl adjacent to an activating group) is 1. The van der Waals surface area contributed by atoms with E-state index < -0.39 is 5.54 Å². The predicted octanol–water partition coefficient (Wildman–Crippen LogP) is 0.113. The summed E-state index contributed by atoms with van der Waals surface area (Å²) in [5, 5.41) is 5.87. The summed E-state index contributed by atoms with van der Waals surface area (Å²) in [4.78, 5) is 25.1. The molecule has 0 saturated carbocycles. The van der Waals surface area contributed by atoms with E-state index in [4.69, 9.17) is 0 Å². The molecule has 1 unspecified atom stereocenters. The maximum atomic E-state index is 12.3. The van der Waals surface area contributed by atoms with Gasteiger partial charge in [-0.2, -0.15) is 0 Å². The van der Waals surface area contributed by atoms with Gasteiger partial charge in [-0.3, -0.25) is 9.59 Å². The van der Waals surface area contributed by atoms with Crippen LogP contribution >= 0.6 is 0 Å². The Morgan fingerprint density at radius 1 is 1.47 bits per heavy atom. The van der Waals surface area contributed by atoms with E-state index in [1.807, 2.05) is 6.92 Å². The molecule has 0 radical (unpaired) electrons. The van der Waals surface area contributed by atoms with Gasteiger partial charge in [0.05, 0.1) is 5.54 Å². The van der Waals surface area contributed by atoms with Crippen LogP contribution in [0.1, 0.15) is 32.6 Å². The second kappa shape index (κ2) is 6.00. The van der Waals surface area contributed by atoms with Crippen molar-refractivity contribution < 1.29 is 9.59 Å². The number of rotatable bonds is 5. The van der Waals surface area contributed by atoms with Crippen LogP contribution < -0.4 is 10.6 Å². The van der Waals surface area contributed by atoms with Gasteiger partial charge in [0.25, 0.3) is 0 Å². The predicted molar refractivity (Wildman–Crippen MR) is 66.6 cm³/mol. The summed E-state index contributed by atoms with van der Waals surface area (Å²) in [5.74, 6) is 0.0796. The van der Waals surface area contributed by atoms with E-state index in [-0.39, 0.29) is 11.8 Å². The number of carbonyl (C=O) groups excluding carboxylic acids is 2. The molecular formula is C12H23N3O2. The van der Waals surface area contributed by atoms with Crippen molar-refractivity contribution in [1.29, 1.82) is 0 Å². The van der Waals surface area contributed by atoms with Crippen LogP contribution in [0.2, 0.25) is 0 Å². The number of hydrogen-bond donors (Lipinski definition) is 2. The third-order valence-corrected chi connectivity index (χ3v) is 3.56. The monoisotopic (exact) mass is 241 g/mol. The second-order valence-corrected chi connectivity index (χ2v) is 4.62. The van der Waals surface area contributed by atoms with Gasteiger partial charge < -0.3 is 15.5 Å². The molecule has 1 heterocycles. The smallest absolute Gasteiger partial charge is 0.242 e. The van der Waals surface area contributed by atoms with E-state index in [0.717, 1.165) is 25.8 Å². The van der Waals surface area contributed by atoms with Gasteiger partial charge in [0, 0.05) is 27.1 Å². The molecule has 0 bridgehead atoms. The molecular weight excluding hydrogens is 218 g/mol. The number of nitrogens with zero attached hydrogens (tertiary/aromatic N) is 1. The number of hydrogen-bond acceptors (Lipinski definition) is 3. The minimum Gasteiger partial charge on any atom is -0.359 e. The molecule has 0 spiro atoms. The van der Waals surface area contributed by atoms with E-state index >= 15 is 0 Å². The quantitative estimate of drug-likeness (QED) is 0.718. The first-order valence-corrected chi connectivity index (χ1v) is 6.27. The highest BCUT2D eigenvalue weighted by molar-refractivity contribution is 5.87. The molecule has 1 rings (SSSR count). The normalized spacial score (nSPS) is 23.5. The maximum Gasteiger partial charge on any atom is 0.242 e. The summed E-state index contributed by atoms with van der Waals surface area (Å²) < 4.78 is 0. The van der Waals surface area contributed by atoms with Crippen molar-refractivity contribution in [1.82, 2.24) is 15.5 Å². The average molecular weight is 241 g/mol. The van der Waals surface area contributed by atoms with Crippen LogP contribution in [0, 0.1) is 0 Å². The first-order chi connectivity index (χ1) is 8.05. The van der Waals surface area contributed by atoms with Gasteiger partial charge in [-0.1, -0.05) is 6.92 Å². The molecule has 0 aliphatic carbocycles. The fourth-order valence-corrected chi connectivity index (χ4v) is 2.30. The minimum atomic E-state index is -0.391. The zero-order chi connectivity index (χ0) is 12.9. The van der Waals surface area contributed by atoms with Gasteiger partial charge in [-0.05, 0) is 25.8 Å². The lowest BCUT2D eigenvalue weighted by Gasteiger charge is -2.31. The maximum absolute atomic E-state index is 12.3. The molecule has 0 aromatic rings. The van der Waals surface area contributed by atoms with Crippen molar-refractivity contribution in [3.63, 3.8) is 0 Å². The highest BCUT2D eigenvalue weighted by atomic mass is 16.2. The summed E-state index contributed by atoms with van der Waals surface area (Å²) in [6.45, 7) is 3.41. The second-order valence-electron chi connectivity index (χ2n) is 4.62. The number of nitrogens with one attached hydrogen (secondary N) is 2. The topological polar surface area (TPSA) is 61.4 Å². The van der Waals surface area contributed by atoms with Crippen LogP contribution in [-0.4, -0.2) is 49.4 Å². The fourth-order valence-electron chi connectivity index (χ4n) is 2.30. The van der Waals surface area contributed by atoms with Crippen molar-refractivity contribution in [2.45, 2.75) is 38.1 Å². The SMILES string of the molecule is CCC1(C(=O)N(C)CCC(=O)NC)CCCN1. The summed E-state index contributed by atoms with van der Waals surface area (Å²) in [5.41, 5.74) is -0.391. The average Bonchev–Trinajstić information content (AvgIpc) is 2.84. The molecule has 1 fully saturated rings. The lowest BCUT2D eigenvalue weighted by Crippen LogP contribution is -2.53. The fraction of sp³-hybridized carbons (Fsp3) is 0.833. The third kappa shape index (κ3) is 3.19. The highest BCUT2D eigenvalue weighted by Crippen LogP contribution is 2.25. The van der Waals surface area contributed by atoms with Crippen LogP contribution in [0.3, 0.4) is 0 Å². The molecule has 98 valence electrons. The summed E-state index contributed by atoms with van der Waals surface area (Å²) in [6, 6.07) is 0. The Hall–Kier alpha value is -1.10. The largest absolute Gasteiger partial charge is 0.359 e. The van der Waals surface area contributed by atoms with Crippen LogP contribution in [0.4, 0.5) is 0 Å². The number of amides is 2. The molecule has 5 nitrogen and oxygen atoms in total. The van der Waals surface area contributed by atoms with Crippen molar-refractivity contribution >= 4 is 11.8 Å². The van der Waals surface area contributed by atoms with Crippen molar-refractivity contribution in [3.8, 4) is 0 Å². The van der Waals surface area contributed by atoms with Crippen LogP contribution in [-0.2, 0) is 9.59 Å². The van der Waals surface area contributed by atoms with Crippen LogP contribution in [0.15, 0.2) is 0 Å². The summed E-state index contributed by atoms with van der Waals surface area (Å²) >= 11 is 0. The highest BCUT2D eigenvalue weighted by Gasteiger charge is 2.40. The lowest BCUT2D eigenvalue weighted by molar-refractivity contribution is -0.137. The van der Waals surface area contributed by atoms with E-state index in [2.05, 4.69) is 10.6 Å². The van der Waals surface area contributed by atoms with E-state index in [1.165, 1.54) is 0 Å². The van der Waals surface area contributed by atoms with Crippen molar-refractivity contribution in [2.24, 2.45) is 0 Å². The standard InChI is InChI=1S/C12H23N3O2/c1-4-12(7-5-8-14-12)11(17)15(3)9-6-10(16)13-2/h14H,4-9H2,1-3H3,(H,13,16). The molecule has 1 atom stereocenters. The van der Waals surface area contributed by atoms with E-state index in [9.17, 15) is 9.59 Å². The molecule has 17 heavy (non-hydrogen) atoms. The summed E-state index contributed by atoms with van der Waals surface area (Å²) in [6.07, 6.45) is 3.10. The molecule has 1 aliphatic rings. The molecule has 1 aliphatic heterocycles. The zero-order valence-electron chi connectivity index (χ0n) is 11.0. The zero-order valence-corrected chi connectivity index (χ0v) is 11.0. The third-order valence-electron chi connectivity index (χ3n) is 3.56.